The molecule has 2 unspecified atom stereocenters. The van der Waals surface area contributed by atoms with Gasteiger partial charge in [-0.25, -0.2) is 22.0 Å². The molecule has 3 aromatic rings. The summed E-state index contributed by atoms with van der Waals surface area (Å²) in [5.41, 5.74) is -0.486. The minimum atomic E-state index is -1.38. The average Bonchev–Trinajstić information content (AvgIpc) is 2.85. The van der Waals surface area contributed by atoms with Crippen molar-refractivity contribution in [1.29, 1.82) is 0 Å². The second-order valence-corrected chi connectivity index (χ2v) is 8.66. The molecule has 0 N–H and O–H groups in total. The summed E-state index contributed by atoms with van der Waals surface area (Å²) in [5, 5.41) is 0. The molecule has 2 nitrogen and oxygen atoms in total. The minimum absolute atomic E-state index is 0.0212. The second kappa shape index (κ2) is 10.9. The van der Waals surface area contributed by atoms with Crippen molar-refractivity contribution in [3.05, 3.63) is 82.7 Å². The fourth-order valence-electron chi connectivity index (χ4n) is 4.55. The number of hydrogen-bond acceptors (Lipinski definition) is 2. The summed E-state index contributed by atoms with van der Waals surface area (Å²) in [4.78, 5) is 0. The fourth-order valence-corrected chi connectivity index (χ4v) is 4.55. The number of halogens is 5. The smallest absolute Gasteiger partial charge is 0.167 e. The molecule has 0 bridgehead atoms. The van der Waals surface area contributed by atoms with Gasteiger partial charge in [0.25, 0.3) is 0 Å². The third-order valence-corrected chi connectivity index (χ3v) is 6.33. The van der Waals surface area contributed by atoms with Gasteiger partial charge in [0.15, 0.2) is 23.3 Å². The maximum Gasteiger partial charge on any atom is 0.167 e. The Labute approximate surface area is 201 Å². The maximum absolute atomic E-state index is 15.0. The van der Waals surface area contributed by atoms with Crippen LogP contribution in [-0.4, -0.2) is 19.3 Å². The van der Waals surface area contributed by atoms with Crippen LogP contribution in [0.4, 0.5) is 22.0 Å². The van der Waals surface area contributed by atoms with E-state index >= 15 is 8.78 Å². The fraction of sp³-hybridized carbons (Fsp3) is 0.357. The largest absolute Gasteiger partial charge is 0.376 e. The van der Waals surface area contributed by atoms with Gasteiger partial charge in [0.05, 0.1) is 18.8 Å². The van der Waals surface area contributed by atoms with Crippen molar-refractivity contribution in [2.45, 2.75) is 51.7 Å². The van der Waals surface area contributed by atoms with Gasteiger partial charge in [-0.1, -0.05) is 49.7 Å². The third kappa shape index (κ3) is 5.11. The summed E-state index contributed by atoms with van der Waals surface area (Å²) in [6.45, 7) is 4.62. The zero-order valence-corrected chi connectivity index (χ0v) is 19.6. The maximum atomic E-state index is 15.0. The Kier molecular flexibility index (Phi) is 7.87. The summed E-state index contributed by atoms with van der Waals surface area (Å²) in [6, 6.07) is 9.20. The van der Waals surface area contributed by atoms with Crippen LogP contribution in [0.3, 0.4) is 0 Å². The van der Waals surface area contributed by atoms with E-state index in [1.807, 2.05) is 13.8 Å². The molecular weight excluding hydrogens is 463 g/mol. The summed E-state index contributed by atoms with van der Waals surface area (Å²) < 4.78 is 85.7. The molecule has 1 heterocycles. The number of rotatable bonds is 7. The van der Waals surface area contributed by atoms with Crippen molar-refractivity contribution >= 4 is 0 Å². The van der Waals surface area contributed by atoms with Crippen LogP contribution in [0, 0.1) is 29.1 Å². The molecule has 7 heteroatoms. The quantitative estimate of drug-likeness (QED) is 0.313. The van der Waals surface area contributed by atoms with Gasteiger partial charge in [-0.15, -0.1) is 0 Å². The van der Waals surface area contributed by atoms with Crippen molar-refractivity contribution in [2.75, 3.05) is 13.2 Å². The first kappa shape index (κ1) is 25.3. The van der Waals surface area contributed by atoms with Gasteiger partial charge in [0.2, 0.25) is 0 Å². The summed E-state index contributed by atoms with van der Waals surface area (Å²) in [6.07, 6.45) is 1.81. The van der Waals surface area contributed by atoms with E-state index in [0.29, 0.717) is 25.9 Å². The Morgan fingerprint density at radius 1 is 0.771 bits per heavy atom. The molecule has 0 aliphatic carbocycles. The van der Waals surface area contributed by atoms with Crippen LogP contribution >= 0.6 is 0 Å². The van der Waals surface area contributed by atoms with Gasteiger partial charge in [-0.05, 0) is 37.8 Å². The average molecular weight is 491 g/mol. The summed E-state index contributed by atoms with van der Waals surface area (Å²) >= 11 is 0. The molecule has 3 aromatic carbocycles. The molecule has 35 heavy (non-hydrogen) atoms. The van der Waals surface area contributed by atoms with Crippen molar-refractivity contribution in [3.8, 4) is 22.3 Å². The molecule has 0 spiro atoms. The summed E-state index contributed by atoms with van der Waals surface area (Å²) in [5.74, 6) is -5.84. The molecule has 0 aromatic heterocycles. The summed E-state index contributed by atoms with van der Waals surface area (Å²) in [7, 11) is 0. The van der Waals surface area contributed by atoms with Crippen LogP contribution in [-0.2, 0) is 15.9 Å². The molecule has 0 saturated carbocycles. The van der Waals surface area contributed by atoms with Crippen LogP contribution in [0.2, 0.25) is 0 Å². The topological polar surface area (TPSA) is 18.5 Å². The predicted molar refractivity (Wildman–Crippen MR) is 124 cm³/mol. The van der Waals surface area contributed by atoms with Crippen LogP contribution in [0.15, 0.2) is 42.5 Å². The molecule has 0 amide bonds. The molecule has 1 aliphatic rings. The van der Waals surface area contributed by atoms with E-state index in [9.17, 15) is 13.2 Å². The van der Waals surface area contributed by atoms with Crippen molar-refractivity contribution in [3.63, 3.8) is 0 Å². The van der Waals surface area contributed by atoms with Crippen molar-refractivity contribution in [1.82, 2.24) is 0 Å². The lowest BCUT2D eigenvalue weighted by molar-refractivity contribution is -0.0850. The van der Waals surface area contributed by atoms with E-state index < -0.39 is 46.3 Å². The predicted octanol–water partition coefficient (Wildman–Crippen LogP) is 7.93. The zero-order chi connectivity index (χ0) is 25.1. The molecule has 1 aliphatic heterocycles. The van der Waals surface area contributed by atoms with Crippen molar-refractivity contribution in [2.24, 2.45) is 0 Å². The van der Waals surface area contributed by atoms with Crippen LogP contribution in [0.5, 0.6) is 0 Å². The highest BCUT2D eigenvalue weighted by Gasteiger charge is 2.28. The number of benzene rings is 3. The molecular formula is C28H27F5O2. The van der Waals surface area contributed by atoms with E-state index in [2.05, 4.69) is 0 Å². The first-order valence-electron chi connectivity index (χ1n) is 11.8. The zero-order valence-electron chi connectivity index (χ0n) is 19.6. The molecule has 1 saturated heterocycles. The van der Waals surface area contributed by atoms with Gasteiger partial charge < -0.3 is 9.47 Å². The molecule has 1 fully saturated rings. The Hall–Kier alpha value is -2.77. The van der Waals surface area contributed by atoms with Gasteiger partial charge in [-0.2, -0.15) is 0 Å². The number of ether oxygens (including phenoxy) is 2. The third-order valence-electron chi connectivity index (χ3n) is 6.33. The Morgan fingerprint density at radius 3 is 1.94 bits per heavy atom. The van der Waals surface area contributed by atoms with Gasteiger partial charge >= 0.3 is 0 Å². The van der Waals surface area contributed by atoms with E-state index in [4.69, 9.17) is 9.47 Å². The van der Waals surface area contributed by atoms with Gasteiger partial charge in [0, 0.05) is 34.4 Å². The molecule has 4 rings (SSSR count). The molecule has 2 atom stereocenters. The monoisotopic (exact) mass is 490 g/mol. The highest BCUT2D eigenvalue weighted by molar-refractivity contribution is 5.73. The second-order valence-electron chi connectivity index (χ2n) is 8.66. The van der Waals surface area contributed by atoms with Crippen LogP contribution in [0.25, 0.3) is 22.3 Å². The van der Waals surface area contributed by atoms with Crippen LogP contribution in [0.1, 0.15) is 50.3 Å². The Bertz CT molecular complexity index is 1200. The highest BCUT2D eigenvalue weighted by atomic mass is 19.2. The van der Waals surface area contributed by atoms with Crippen molar-refractivity contribution < 1.29 is 31.4 Å². The van der Waals surface area contributed by atoms with E-state index in [-0.39, 0.29) is 29.4 Å². The normalized spacial score (nSPS) is 18.1. The van der Waals surface area contributed by atoms with Gasteiger partial charge in [0.1, 0.15) is 5.82 Å². The number of hydrogen-bond donors (Lipinski definition) is 0. The SMILES string of the molecule is CCCc1ccc(-c2ccc(-c3ccc(C4CCC(OCC)CO4)c(F)c3F)c(F)c2F)c(F)c1. The minimum Gasteiger partial charge on any atom is -0.376 e. The van der Waals surface area contributed by atoms with Gasteiger partial charge in [-0.3, -0.25) is 0 Å². The lowest BCUT2D eigenvalue weighted by atomic mass is 9.94. The van der Waals surface area contributed by atoms with E-state index in [0.717, 1.165) is 18.1 Å². The lowest BCUT2D eigenvalue weighted by Gasteiger charge is -2.29. The Balaban J connectivity index is 1.64. The highest BCUT2D eigenvalue weighted by Crippen LogP contribution is 2.37. The first-order chi connectivity index (χ1) is 16.8. The van der Waals surface area contributed by atoms with Crippen LogP contribution < -0.4 is 0 Å². The number of aryl methyl sites for hydroxylation is 1. The van der Waals surface area contributed by atoms with E-state index in [1.54, 1.807) is 6.07 Å². The first-order valence-corrected chi connectivity index (χ1v) is 11.8. The standard InChI is InChI=1S/C28H27F5O2/c1-3-5-16-6-8-18(23(29)14-16)19-9-10-20(26(31)25(19)30)21-11-12-22(28(33)27(21)32)24-13-7-17(15-35-24)34-4-2/h6,8-12,14,17,24H,3-5,7,13,15H2,1-2H3. The van der Waals surface area contributed by atoms with E-state index in [1.165, 1.54) is 30.3 Å². The Morgan fingerprint density at radius 2 is 1.37 bits per heavy atom. The molecule has 186 valence electrons. The lowest BCUT2D eigenvalue weighted by Crippen LogP contribution is -2.28. The molecule has 0 radical (unpaired) electrons.